The zero-order valence-electron chi connectivity index (χ0n) is 12.5. The van der Waals surface area contributed by atoms with Gasteiger partial charge in [-0.15, -0.1) is 0 Å². The molecule has 0 aliphatic carbocycles. The Hall–Kier alpha value is -2.08. The van der Waals surface area contributed by atoms with Crippen LogP contribution in [0.25, 0.3) is 0 Å². The van der Waals surface area contributed by atoms with Crippen LogP contribution in [-0.2, 0) is 4.79 Å². The van der Waals surface area contributed by atoms with E-state index in [2.05, 4.69) is 15.5 Å². The van der Waals surface area contributed by atoms with Gasteiger partial charge < -0.3 is 14.7 Å². The number of carbonyl (C=O) groups is 1. The van der Waals surface area contributed by atoms with Gasteiger partial charge in [-0.1, -0.05) is 16.8 Å². The first-order chi connectivity index (χ1) is 10.5. The van der Waals surface area contributed by atoms with Crippen LogP contribution in [-0.4, -0.2) is 22.6 Å². The zero-order chi connectivity index (χ0) is 15.7. The first-order valence-electron chi connectivity index (χ1n) is 7.21. The summed E-state index contributed by atoms with van der Waals surface area (Å²) in [7, 11) is 0. The van der Waals surface area contributed by atoms with Crippen LogP contribution in [0.5, 0.6) is 0 Å². The number of nitrogens with zero attached hydrogens (tertiary/aromatic N) is 3. The Morgan fingerprint density at radius 3 is 2.86 bits per heavy atom. The Morgan fingerprint density at radius 2 is 2.27 bits per heavy atom. The number of halogens is 1. The number of aryl methyl sites for hydroxylation is 1. The molecular formula is C15H17ClN4O2. The summed E-state index contributed by atoms with van der Waals surface area (Å²) in [5.74, 6) is 1.24. The second-order valence-electron chi connectivity index (χ2n) is 5.36. The minimum Gasteiger partial charge on any atom is -0.374 e. The Labute approximate surface area is 133 Å². The van der Waals surface area contributed by atoms with Crippen LogP contribution in [0.1, 0.15) is 37.5 Å². The van der Waals surface area contributed by atoms with Crippen molar-refractivity contribution < 1.29 is 9.32 Å². The van der Waals surface area contributed by atoms with Gasteiger partial charge in [0.15, 0.2) is 5.82 Å². The molecule has 0 saturated carbocycles. The number of carbonyl (C=O) groups excluding carboxylic acids is 1. The highest BCUT2D eigenvalue weighted by Crippen LogP contribution is 2.32. The molecule has 6 nitrogen and oxygen atoms in total. The van der Waals surface area contributed by atoms with Crippen LogP contribution in [0.4, 0.5) is 11.4 Å². The standard InChI is InChI=1S/C15H17ClN4O2/c1-9(15-18-10(2)19-22-15)17-11-5-6-13(12(16)8-11)20-7-3-4-14(20)21/h5-6,8-9,17H,3-4,7H2,1-2H3/t9-/m0/s1. The Kier molecular flexibility index (Phi) is 4.02. The quantitative estimate of drug-likeness (QED) is 0.935. The van der Waals surface area contributed by atoms with E-state index >= 15 is 0 Å². The van der Waals surface area contributed by atoms with Crippen molar-refractivity contribution in [3.8, 4) is 0 Å². The third-order valence-corrected chi connectivity index (χ3v) is 3.91. The molecule has 22 heavy (non-hydrogen) atoms. The van der Waals surface area contributed by atoms with Gasteiger partial charge in [0.2, 0.25) is 11.8 Å². The molecule has 1 atom stereocenters. The summed E-state index contributed by atoms with van der Waals surface area (Å²) in [5, 5.41) is 7.58. The van der Waals surface area contributed by atoms with E-state index in [1.165, 1.54) is 0 Å². The Bertz CT molecular complexity index is 701. The van der Waals surface area contributed by atoms with Crippen LogP contribution >= 0.6 is 11.6 Å². The van der Waals surface area contributed by atoms with Gasteiger partial charge in [0.25, 0.3) is 0 Å². The molecule has 1 aliphatic heterocycles. The Morgan fingerprint density at radius 1 is 1.45 bits per heavy atom. The summed E-state index contributed by atoms with van der Waals surface area (Å²) in [5.41, 5.74) is 1.60. The highest BCUT2D eigenvalue weighted by molar-refractivity contribution is 6.34. The number of hydrogen-bond donors (Lipinski definition) is 1. The van der Waals surface area contributed by atoms with Gasteiger partial charge in [-0.05, 0) is 38.5 Å². The van der Waals surface area contributed by atoms with Crippen LogP contribution in [0, 0.1) is 6.92 Å². The number of hydrogen-bond acceptors (Lipinski definition) is 5. The maximum Gasteiger partial charge on any atom is 0.248 e. The molecule has 1 aliphatic rings. The first-order valence-corrected chi connectivity index (χ1v) is 7.59. The SMILES string of the molecule is Cc1noc([C@H](C)Nc2ccc(N3CCCC3=O)c(Cl)c2)n1. The predicted molar refractivity (Wildman–Crippen MR) is 84.1 cm³/mol. The van der Waals surface area contributed by atoms with Gasteiger partial charge in [0.05, 0.1) is 10.7 Å². The number of aromatic nitrogens is 2. The van der Waals surface area contributed by atoms with Crippen LogP contribution < -0.4 is 10.2 Å². The fourth-order valence-electron chi connectivity index (χ4n) is 2.52. The van der Waals surface area contributed by atoms with Gasteiger partial charge in [-0.25, -0.2) is 0 Å². The van der Waals surface area contributed by atoms with Crippen molar-refractivity contribution in [2.45, 2.75) is 32.7 Å². The van der Waals surface area contributed by atoms with E-state index in [4.69, 9.17) is 16.1 Å². The topological polar surface area (TPSA) is 71.3 Å². The zero-order valence-corrected chi connectivity index (χ0v) is 13.2. The molecule has 7 heteroatoms. The van der Waals surface area contributed by atoms with Crippen molar-refractivity contribution in [3.05, 3.63) is 34.9 Å². The van der Waals surface area contributed by atoms with E-state index < -0.39 is 0 Å². The van der Waals surface area contributed by atoms with Crippen LogP contribution in [0.3, 0.4) is 0 Å². The van der Waals surface area contributed by atoms with Crippen LogP contribution in [0.2, 0.25) is 5.02 Å². The lowest BCUT2D eigenvalue weighted by molar-refractivity contribution is -0.117. The molecule has 0 spiro atoms. The summed E-state index contributed by atoms with van der Waals surface area (Å²) < 4.78 is 5.14. The number of amides is 1. The Balaban J connectivity index is 1.75. The predicted octanol–water partition coefficient (Wildman–Crippen LogP) is 3.33. The maximum absolute atomic E-state index is 11.8. The molecule has 1 amide bonds. The molecule has 116 valence electrons. The molecule has 0 radical (unpaired) electrons. The summed E-state index contributed by atoms with van der Waals surface area (Å²) in [6.07, 6.45) is 1.46. The lowest BCUT2D eigenvalue weighted by Crippen LogP contribution is -2.24. The van der Waals surface area contributed by atoms with Crippen LogP contribution in [0.15, 0.2) is 22.7 Å². The normalized spacial score (nSPS) is 16.1. The molecule has 1 N–H and O–H groups in total. The lowest BCUT2D eigenvalue weighted by Gasteiger charge is -2.19. The van der Waals surface area contributed by atoms with Gasteiger partial charge in [-0.2, -0.15) is 4.98 Å². The summed E-state index contributed by atoms with van der Waals surface area (Å²) >= 11 is 6.32. The summed E-state index contributed by atoms with van der Waals surface area (Å²) in [4.78, 5) is 17.7. The van der Waals surface area contributed by atoms with Crippen molar-refractivity contribution in [1.82, 2.24) is 10.1 Å². The third-order valence-electron chi connectivity index (χ3n) is 3.61. The highest BCUT2D eigenvalue weighted by Gasteiger charge is 2.23. The largest absolute Gasteiger partial charge is 0.374 e. The number of benzene rings is 1. The number of nitrogens with one attached hydrogen (secondary N) is 1. The number of anilines is 2. The molecule has 1 saturated heterocycles. The van der Waals surface area contributed by atoms with E-state index in [0.717, 1.165) is 24.3 Å². The minimum atomic E-state index is -0.128. The molecule has 1 aromatic carbocycles. The fourth-order valence-corrected chi connectivity index (χ4v) is 2.80. The van der Waals surface area contributed by atoms with Crippen molar-refractivity contribution in [3.63, 3.8) is 0 Å². The average molecular weight is 321 g/mol. The van der Waals surface area contributed by atoms with Gasteiger partial charge in [0.1, 0.15) is 6.04 Å². The van der Waals surface area contributed by atoms with Gasteiger partial charge in [0, 0.05) is 18.7 Å². The average Bonchev–Trinajstić information content (AvgIpc) is 3.08. The van der Waals surface area contributed by atoms with E-state index in [0.29, 0.717) is 23.2 Å². The van der Waals surface area contributed by atoms with E-state index in [9.17, 15) is 4.79 Å². The van der Waals surface area contributed by atoms with Crippen molar-refractivity contribution in [2.24, 2.45) is 0 Å². The lowest BCUT2D eigenvalue weighted by atomic mass is 10.2. The molecule has 1 aromatic heterocycles. The van der Waals surface area contributed by atoms with Gasteiger partial charge >= 0.3 is 0 Å². The molecule has 1 fully saturated rings. The molecular weight excluding hydrogens is 304 g/mol. The van der Waals surface area contributed by atoms with Crippen molar-refractivity contribution in [1.29, 1.82) is 0 Å². The smallest absolute Gasteiger partial charge is 0.248 e. The number of rotatable bonds is 4. The second kappa shape index (κ2) is 5.96. The summed E-state index contributed by atoms with van der Waals surface area (Å²) in [6.45, 7) is 4.43. The monoisotopic (exact) mass is 320 g/mol. The van der Waals surface area contributed by atoms with E-state index in [1.807, 2.05) is 25.1 Å². The van der Waals surface area contributed by atoms with Gasteiger partial charge in [-0.3, -0.25) is 4.79 Å². The maximum atomic E-state index is 11.8. The third kappa shape index (κ3) is 2.92. The molecule has 3 rings (SSSR count). The van der Waals surface area contributed by atoms with E-state index in [-0.39, 0.29) is 11.9 Å². The van der Waals surface area contributed by atoms with E-state index in [1.54, 1.807) is 11.8 Å². The second-order valence-corrected chi connectivity index (χ2v) is 5.77. The minimum absolute atomic E-state index is 0.123. The molecule has 0 unspecified atom stereocenters. The molecule has 2 aromatic rings. The first kappa shape index (κ1) is 14.8. The van der Waals surface area contributed by atoms with Crippen molar-refractivity contribution in [2.75, 3.05) is 16.8 Å². The summed E-state index contributed by atoms with van der Waals surface area (Å²) in [6, 6.07) is 5.44. The highest BCUT2D eigenvalue weighted by atomic mass is 35.5. The molecule has 2 heterocycles. The molecule has 0 bridgehead atoms. The van der Waals surface area contributed by atoms with Crippen molar-refractivity contribution >= 4 is 28.9 Å². The fraction of sp³-hybridized carbons (Fsp3) is 0.400.